The van der Waals surface area contributed by atoms with Gasteiger partial charge in [-0.15, -0.1) is 0 Å². The summed E-state index contributed by atoms with van der Waals surface area (Å²) in [6.07, 6.45) is 2.20. The lowest BCUT2D eigenvalue weighted by Crippen LogP contribution is -2.35. The van der Waals surface area contributed by atoms with Crippen LogP contribution in [0.25, 0.3) is 16.7 Å². The number of hydrogen-bond donors (Lipinski definition) is 2. The van der Waals surface area contributed by atoms with Crippen LogP contribution in [0.2, 0.25) is 0 Å². The van der Waals surface area contributed by atoms with E-state index < -0.39 is 5.91 Å². The van der Waals surface area contributed by atoms with Gasteiger partial charge in [0.2, 0.25) is 6.79 Å². The molecule has 196 valence electrons. The maximum Gasteiger partial charge on any atom is 0.267 e. The normalized spacial score (nSPS) is 12.1. The number of amides is 1. The Labute approximate surface area is 222 Å². The summed E-state index contributed by atoms with van der Waals surface area (Å²) in [7, 11) is 1.61. The van der Waals surface area contributed by atoms with Crippen molar-refractivity contribution in [1.82, 2.24) is 19.3 Å². The minimum atomic E-state index is -0.463. The Morgan fingerprint density at radius 2 is 1.85 bits per heavy atom. The van der Waals surface area contributed by atoms with Crippen molar-refractivity contribution < 1.29 is 19.0 Å². The molecule has 6 rings (SSSR count). The number of benzene rings is 2. The minimum Gasteiger partial charge on any atom is -0.497 e. The third-order valence-electron chi connectivity index (χ3n) is 6.74. The molecule has 39 heavy (non-hydrogen) atoms. The highest BCUT2D eigenvalue weighted by atomic mass is 16.7. The molecule has 0 unspecified atom stereocenters. The summed E-state index contributed by atoms with van der Waals surface area (Å²) in [5.41, 5.74) is 2.42. The number of methoxy groups -OCH3 is 1. The average Bonchev–Trinajstić information content (AvgIpc) is 3.44. The van der Waals surface area contributed by atoms with E-state index in [4.69, 9.17) is 24.6 Å². The zero-order valence-electron chi connectivity index (χ0n) is 21.1. The predicted molar refractivity (Wildman–Crippen MR) is 143 cm³/mol. The van der Waals surface area contributed by atoms with Gasteiger partial charge in [-0.2, -0.15) is 0 Å². The van der Waals surface area contributed by atoms with Crippen LogP contribution in [0.15, 0.2) is 77.7 Å². The monoisotopic (exact) mass is 523 g/mol. The number of carbonyl (C=O) groups excluding carboxylic acids is 1. The lowest BCUT2D eigenvalue weighted by Gasteiger charge is -2.15. The first-order valence-corrected chi connectivity index (χ1v) is 12.4. The molecule has 0 bridgehead atoms. The second kappa shape index (κ2) is 9.97. The Kier molecular flexibility index (Phi) is 6.20. The number of aryl methyl sites for hydroxylation is 2. The molecule has 0 radical (unpaired) electrons. The molecule has 0 fully saturated rings. The summed E-state index contributed by atoms with van der Waals surface area (Å²) in [6.45, 7) is 0.730. The average molecular weight is 524 g/mol. The Balaban J connectivity index is 1.38. The molecule has 0 atom stereocenters. The van der Waals surface area contributed by atoms with Gasteiger partial charge in [-0.3, -0.25) is 19.4 Å². The number of nitrogens with one attached hydrogen (secondary N) is 2. The number of nitrogens with zero attached hydrogens (tertiary/aromatic N) is 3. The van der Waals surface area contributed by atoms with Gasteiger partial charge < -0.3 is 24.1 Å². The molecular formula is C29H25N5O5. The Hall–Kier alpha value is -5.12. The fourth-order valence-corrected chi connectivity index (χ4v) is 4.64. The van der Waals surface area contributed by atoms with E-state index in [1.165, 1.54) is 10.5 Å². The summed E-state index contributed by atoms with van der Waals surface area (Å²) < 4.78 is 19.1. The summed E-state index contributed by atoms with van der Waals surface area (Å²) in [5.74, 6) is 1.57. The van der Waals surface area contributed by atoms with E-state index in [1.807, 2.05) is 36.4 Å². The lowest BCUT2D eigenvalue weighted by atomic mass is 10.1. The fraction of sp³-hybridized carbons (Fsp3) is 0.172. The van der Waals surface area contributed by atoms with Crippen molar-refractivity contribution in [2.75, 3.05) is 13.9 Å². The molecule has 10 heteroatoms. The van der Waals surface area contributed by atoms with Gasteiger partial charge in [0.1, 0.15) is 22.5 Å². The number of hydrogen-bond acceptors (Lipinski definition) is 7. The van der Waals surface area contributed by atoms with Crippen molar-refractivity contribution in [3.8, 4) is 17.2 Å². The maximum absolute atomic E-state index is 13.4. The highest BCUT2D eigenvalue weighted by Crippen LogP contribution is 2.32. The van der Waals surface area contributed by atoms with Crippen LogP contribution in [0.4, 0.5) is 0 Å². The first-order valence-electron chi connectivity index (χ1n) is 12.4. The first kappa shape index (κ1) is 24.2. The number of ether oxygens (including phenoxy) is 3. The van der Waals surface area contributed by atoms with E-state index in [-0.39, 0.29) is 35.3 Å². The lowest BCUT2D eigenvalue weighted by molar-refractivity contribution is 0.0948. The molecule has 4 heterocycles. The van der Waals surface area contributed by atoms with E-state index >= 15 is 0 Å². The molecule has 10 nitrogen and oxygen atoms in total. The van der Waals surface area contributed by atoms with Crippen LogP contribution < -0.4 is 30.6 Å². The van der Waals surface area contributed by atoms with Gasteiger partial charge in [0.15, 0.2) is 11.5 Å². The van der Waals surface area contributed by atoms with Crippen molar-refractivity contribution in [2.45, 2.75) is 19.5 Å². The minimum absolute atomic E-state index is 0.0219. The summed E-state index contributed by atoms with van der Waals surface area (Å²) in [5, 5.41) is 12.1. The SMILES string of the molecule is COc1ccc(CCn2c(=N)c(C(=O)NCc3ccc4c(c3)OCO4)cc3c(=O)n4ccccc4nc32)cc1. The topological polar surface area (TPSA) is 120 Å². The Morgan fingerprint density at radius 3 is 2.67 bits per heavy atom. The van der Waals surface area contributed by atoms with Crippen molar-refractivity contribution >= 4 is 22.6 Å². The van der Waals surface area contributed by atoms with Crippen LogP contribution in [0.5, 0.6) is 17.2 Å². The zero-order valence-corrected chi connectivity index (χ0v) is 21.1. The van der Waals surface area contributed by atoms with Crippen molar-refractivity contribution in [3.05, 3.63) is 105 Å². The standard InChI is InChI=1S/C29H25N5O5/c1-37-20-8-5-18(6-9-20)11-13-34-26(30)21(15-22-27(34)32-25-4-2-3-12-33(25)29(22)36)28(35)31-16-19-7-10-23-24(14-19)39-17-38-23/h2-10,12,14-15,30H,11,13,16-17H2,1H3,(H,31,35). The largest absolute Gasteiger partial charge is 0.497 e. The van der Waals surface area contributed by atoms with Crippen LogP contribution in [0, 0.1) is 5.41 Å². The van der Waals surface area contributed by atoms with Gasteiger partial charge in [0, 0.05) is 19.3 Å². The molecule has 1 aliphatic heterocycles. The van der Waals surface area contributed by atoms with Crippen molar-refractivity contribution in [3.63, 3.8) is 0 Å². The Morgan fingerprint density at radius 1 is 1.05 bits per heavy atom. The van der Waals surface area contributed by atoms with E-state index in [9.17, 15) is 9.59 Å². The molecule has 0 spiro atoms. The molecule has 5 aromatic rings. The molecule has 3 aromatic heterocycles. The van der Waals surface area contributed by atoms with Crippen LogP contribution in [0.3, 0.4) is 0 Å². The number of rotatable bonds is 7. The van der Waals surface area contributed by atoms with Crippen molar-refractivity contribution in [1.29, 1.82) is 5.41 Å². The third-order valence-corrected chi connectivity index (χ3v) is 6.74. The molecular weight excluding hydrogens is 498 g/mol. The van der Waals surface area contributed by atoms with Gasteiger partial charge >= 0.3 is 0 Å². The van der Waals surface area contributed by atoms with Gasteiger partial charge in [-0.1, -0.05) is 24.3 Å². The van der Waals surface area contributed by atoms with Crippen LogP contribution in [-0.2, 0) is 19.5 Å². The summed E-state index contributed by atoms with van der Waals surface area (Å²) in [6, 6.07) is 19.8. The molecule has 0 aliphatic carbocycles. The predicted octanol–water partition coefficient (Wildman–Crippen LogP) is 3.04. The maximum atomic E-state index is 13.4. The number of fused-ring (bicyclic) bond motifs is 3. The number of carbonyl (C=O) groups is 1. The Bertz CT molecular complexity index is 1840. The number of aromatic nitrogens is 3. The number of pyridine rings is 2. The molecule has 0 saturated carbocycles. The van der Waals surface area contributed by atoms with Gasteiger partial charge in [0.05, 0.1) is 18.1 Å². The first-order chi connectivity index (χ1) is 19.0. The van der Waals surface area contributed by atoms with E-state index in [1.54, 1.807) is 42.1 Å². The zero-order chi connectivity index (χ0) is 26.9. The van der Waals surface area contributed by atoms with Gasteiger partial charge in [0.25, 0.3) is 11.5 Å². The smallest absolute Gasteiger partial charge is 0.267 e. The second-order valence-electron chi connectivity index (χ2n) is 9.11. The van der Waals surface area contributed by atoms with Gasteiger partial charge in [-0.05, 0) is 60.0 Å². The highest BCUT2D eigenvalue weighted by molar-refractivity contribution is 5.96. The quantitative estimate of drug-likeness (QED) is 0.317. The van der Waals surface area contributed by atoms with Crippen molar-refractivity contribution in [2.24, 2.45) is 0 Å². The van der Waals surface area contributed by atoms with Crippen LogP contribution in [-0.4, -0.2) is 33.8 Å². The molecule has 2 aromatic carbocycles. The third kappa shape index (κ3) is 4.56. The molecule has 2 N–H and O–H groups in total. The summed E-state index contributed by atoms with van der Waals surface area (Å²) >= 11 is 0. The fourth-order valence-electron chi connectivity index (χ4n) is 4.64. The van der Waals surface area contributed by atoms with Crippen LogP contribution >= 0.6 is 0 Å². The second-order valence-corrected chi connectivity index (χ2v) is 9.11. The molecule has 1 amide bonds. The van der Waals surface area contributed by atoms with Crippen LogP contribution in [0.1, 0.15) is 21.5 Å². The van der Waals surface area contributed by atoms with Gasteiger partial charge in [-0.25, -0.2) is 4.98 Å². The highest BCUT2D eigenvalue weighted by Gasteiger charge is 2.18. The van der Waals surface area contributed by atoms with E-state index in [0.29, 0.717) is 35.8 Å². The molecule has 1 aliphatic rings. The van der Waals surface area contributed by atoms with E-state index in [0.717, 1.165) is 16.9 Å². The summed E-state index contributed by atoms with van der Waals surface area (Å²) in [4.78, 5) is 31.5. The van der Waals surface area contributed by atoms with E-state index in [2.05, 4.69) is 5.32 Å². The molecule has 0 saturated heterocycles.